The molecule has 1 atom stereocenters. The van der Waals surface area contributed by atoms with Crippen molar-refractivity contribution in [3.05, 3.63) is 64.1 Å². The van der Waals surface area contributed by atoms with E-state index in [-0.39, 0.29) is 6.04 Å². The van der Waals surface area contributed by atoms with E-state index in [1.807, 2.05) is 48.5 Å². The van der Waals surface area contributed by atoms with E-state index in [9.17, 15) is 0 Å². The second-order valence-corrected chi connectivity index (χ2v) is 5.05. The van der Waals surface area contributed by atoms with Crippen LogP contribution in [0.15, 0.2) is 58.0 Å². The Bertz CT molecular complexity index is 606. The van der Waals surface area contributed by atoms with Crippen molar-refractivity contribution >= 4 is 33.3 Å². The van der Waals surface area contributed by atoms with Gasteiger partial charge >= 0.3 is 0 Å². The third-order valence-electron chi connectivity index (χ3n) is 2.78. The molecule has 0 aliphatic heterocycles. The Balaban J connectivity index is 2.42. The second-order valence-electron chi connectivity index (χ2n) is 3.95. The molecule has 0 saturated heterocycles. The third kappa shape index (κ3) is 3.51. The first kappa shape index (κ1) is 13.9. The van der Waals surface area contributed by atoms with Crippen LogP contribution in [0.1, 0.15) is 17.2 Å². The summed E-state index contributed by atoms with van der Waals surface area (Å²) >= 11 is 8.23. The van der Waals surface area contributed by atoms with Crippen molar-refractivity contribution in [2.75, 3.05) is 7.11 Å². The summed E-state index contributed by atoms with van der Waals surface area (Å²) in [6, 6.07) is 15.7. The van der Waals surface area contributed by atoms with Crippen LogP contribution in [0.5, 0.6) is 5.75 Å². The van der Waals surface area contributed by atoms with E-state index in [0.29, 0.717) is 0 Å². The van der Waals surface area contributed by atoms with Crippen LogP contribution in [0.3, 0.4) is 0 Å². The van der Waals surface area contributed by atoms with Gasteiger partial charge in [0.2, 0.25) is 0 Å². The minimum atomic E-state index is -0.138. The maximum absolute atomic E-state index is 5.16. The van der Waals surface area contributed by atoms with E-state index in [1.54, 1.807) is 7.11 Å². The highest BCUT2D eigenvalue weighted by molar-refractivity contribution is 9.10. The molecule has 19 heavy (non-hydrogen) atoms. The average molecular weight is 334 g/mol. The zero-order valence-electron chi connectivity index (χ0n) is 10.3. The van der Waals surface area contributed by atoms with Crippen LogP contribution in [0.25, 0.3) is 0 Å². The van der Waals surface area contributed by atoms with Crippen LogP contribution in [0, 0.1) is 0 Å². The van der Waals surface area contributed by atoms with Crippen LogP contribution >= 0.6 is 28.1 Å². The predicted octanol–water partition coefficient (Wildman–Crippen LogP) is 4.65. The zero-order chi connectivity index (χ0) is 13.7. The van der Waals surface area contributed by atoms with Crippen molar-refractivity contribution in [3.63, 3.8) is 0 Å². The Hall–Kier alpha value is -1.48. The van der Waals surface area contributed by atoms with E-state index in [4.69, 9.17) is 17.0 Å². The second kappa shape index (κ2) is 6.62. The summed E-state index contributed by atoms with van der Waals surface area (Å²) in [5.41, 5.74) is 2.12. The Kier molecular flexibility index (Phi) is 4.86. The van der Waals surface area contributed by atoms with Gasteiger partial charge in [-0.05, 0) is 47.6 Å². The van der Waals surface area contributed by atoms with Gasteiger partial charge in [-0.2, -0.15) is 0 Å². The highest BCUT2D eigenvalue weighted by Crippen LogP contribution is 2.28. The molecule has 1 unspecified atom stereocenters. The van der Waals surface area contributed by atoms with E-state index >= 15 is 0 Å². The summed E-state index contributed by atoms with van der Waals surface area (Å²) in [6.45, 7) is 0. The number of ether oxygens (including phenoxy) is 1. The molecule has 0 heterocycles. The van der Waals surface area contributed by atoms with Crippen LogP contribution in [-0.2, 0) is 0 Å². The van der Waals surface area contributed by atoms with Gasteiger partial charge < -0.3 is 4.74 Å². The number of rotatable bonds is 4. The van der Waals surface area contributed by atoms with Crippen molar-refractivity contribution in [1.29, 1.82) is 0 Å². The molecule has 2 aromatic carbocycles. The van der Waals surface area contributed by atoms with Crippen molar-refractivity contribution in [1.82, 2.24) is 0 Å². The van der Waals surface area contributed by atoms with Gasteiger partial charge in [0.1, 0.15) is 11.8 Å². The Morgan fingerprint density at radius 3 is 2.47 bits per heavy atom. The van der Waals surface area contributed by atoms with E-state index in [1.165, 1.54) is 0 Å². The summed E-state index contributed by atoms with van der Waals surface area (Å²) in [6.07, 6.45) is 0. The first-order valence-electron chi connectivity index (χ1n) is 5.71. The summed E-state index contributed by atoms with van der Waals surface area (Å²) in [4.78, 5) is 4.26. The monoisotopic (exact) mass is 333 g/mol. The maximum Gasteiger partial charge on any atom is 0.118 e. The quantitative estimate of drug-likeness (QED) is 0.600. The molecule has 2 rings (SSSR count). The number of nitrogens with zero attached hydrogens (tertiary/aromatic N) is 1. The molecule has 0 spiro atoms. The van der Waals surface area contributed by atoms with Crippen LogP contribution in [0.4, 0.5) is 0 Å². The molecule has 0 bridgehead atoms. The summed E-state index contributed by atoms with van der Waals surface area (Å²) < 4.78 is 6.18. The highest BCUT2D eigenvalue weighted by atomic mass is 79.9. The lowest BCUT2D eigenvalue weighted by molar-refractivity contribution is 0.414. The first-order valence-corrected chi connectivity index (χ1v) is 6.91. The predicted molar refractivity (Wildman–Crippen MR) is 84.0 cm³/mol. The largest absolute Gasteiger partial charge is 0.497 e. The fourth-order valence-electron chi connectivity index (χ4n) is 1.86. The molecular formula is C15H12BrNOS. The lowest BCUT2D eigenvalue weighted by atomic mass is 9.99. The first-order chi connectivity index (χ1) is 9.24. The van der Waals surface area contributed by atoms with Gasteiger partial charge in [-0.25, -0.2) is 4.99 Å². The van der Waals surface area contributed by atoms with E-state index < -0.39 is 0 Å². The molecule has 0 fully saturated rings. The Morgan fingerprint density at radius 1 is 1.16 bits per heavy atom. The van der Waals surface area contributed by atoms with Gasteiger partial charge in [-0.15, -0.1) is 0 Å². The molecule has 0 saturated carbocycles. The maximum atomic E-state index is 5.16. The van der Waals surface area contributed by atoms with Crippen LogP contribution in [-0.4, -0.2) is 12.3 Å². The molecule has 96 valence electrons. The number of isothiocyanates is 1. The SMILES string of the molecule is COc1ccc(C(N=C=S)c2cccc(Br)c2)cc1. The van der Waals surface area contributed by atoms with Crippen LogP contribution in [0.2, 0.25) is 0 Å². The number of halogens is 1. The fraction of sp³-hybridized carbons (Fsp3) is 0.133. The van der Waals surface area contributed by atoms with E-state index in [2.05, 4.69) is 26.1 Å². The van der Waals surface area contributed by atoms with Crippen molar-refractivity contribution in [2.45, 2.75) is 6.04 Å². The number of benzene rings is 2. The lowest BCUT2D eigenvalue weighted by Crippen LogP contribution is -1.98. The van der Waals surface area contributed by atoms with E-state index in [0.717, 1.165) is 21.3 Å². The number of methoxy groups -OCH3 is 1. The zero-order valence-corrected chi connectivity index (χ0v) is 12.7. The Morgan fingerprint density at radius 2 is 1.89 bits per heavy atom. The molecule has 0 aliphatic rings. The third-order valence-corrected chi connectivity index (χ3v) is 3.38. The van der Waals surface area contributed by atoms with Crippen molar-refractivity contribution in [2.24, 2.45) is 4.99 Å². The van der Waals surface area contributed by atoms with Crippen LogP contribution < -0.4 is 4.74 Å². The topological polar surface area (TPSA) is 21.6 Å². The van der Waals surface area contributed by atoms with Gasteiger partial charge in [0.25, 0.3) is 0 Å². The molecule has 0 amide bonds. The minimum Gasteiger partial charge on any atom is -0.497 e. The number of aliphatic imine (C=N–C) groups is 1. The van der Waals surface area contributed by atoms with Crippen molar-refractivity contribution in [3.8, 4) is 5.75 Å². The van der Waals surface area contributed by atoms with Crippen molar-refractivity contribution < 1.29 is 4.74 Å². The van der Waals surface area contributed by atoms with Gasteiger partial charge in [-0.1, -0.05) is 40.2 Å². The standard InChI is InChI=1S/C15H12BrNOS/c1-18-14-7-5-11(6-8-14)15(17-10-19)12-3-2-4-13(16)9-12/h2-9,15H,1H3. The molecule has 2 aromatic rings. The molecule has 0 N–H and O–H groups in total. The summed E-state index contributed by atoms with van der Waals surface area (Å²) in [5, 5.41) is 2.47. The number of hydrogen-bond acceptors (Lipinski definition) is 3. The Labute approximate surface area is 126 Å². The van der Waals surface area contributed by atoms with Gasteiger partial charge in [0.15, 0.2) is 0 Å². The summed E-state index contributed by atoms with van der Waals surface area (Å²) in [5.74, 6) is 0.822. The highest BCUT2D eigenvalue weighted by Gasteiger charge is 2.12. The number of thiocarbonyl (C=S) groups is 1. The molecule has 0 aliphatic carbocycles. The van der Waals surface area contributed by atoms with Gasteiger partial charge in [-0.3, -0.25) is 0 Å². The van der Waals surface area contributed by atoms with Gasteiger partial charge in [0, 0.05) is 4.47 Å². The number of hydrogen-bond donors (Lipinski definition) is 0. The molecule has 0 aromatic heterocycles. The average Bonchev–Trinajstić information content (AvgIpc) is 2.45. The smallest absolute Gasteiger partial charge is 0.118 e. The molecule has 0 radical (unpaired) electrons. The lowest BCUT2D eigenvalue weighted by Gasteiger charge is -2.13. The minimum absolute atomic E-state index is 0.138. The molecule has 4 heteroatoms. The van der Waals surface area contributed by atoms with Gasteiger partial charge in [0.05, 0.1) is 12.3 Å². The molecule has 2 nitrogen and oxygen atoms in total. The fourth-order valence-corrected chi connectivity index (χ4v) is 2.38. The summed E-state index contributed by atoms with van der Waals surface area (Å²) in [7, 11) is 1.65. The normalized spacial score (nSPS) is 11.5. The molecular weight excluding hydrogens is 322 g/mol.